The molecule has 0 aliphatic rings. The number of hydrogen-bond acceptors (Lipinski definition) is 5. The van der Waals surface area contributed by atoms with Crippen LogP contribution < -0.4 is 10.1 Å². The maximum Gasteiger partial charge on any atom is 0.255 e. The molecule has 0 atom stereocenters. The van der Waals surface area contributed by atoms with E-state index in [1.807, 2.05) is 38.4 Å². The van der Waals surface area contributed by atoms with Crippen LogP contribution in [0.5, 0.6) is 5.75 Å². The van der Waals surface area contributed by atoms with Gasteiger partial charge in [0.25, 0.3) is 5.91 Å². The summed E-state index contributed by atoms with van der Waals surface area (Å²) in [7, 11) is 7.78. The molecule has 1 N–H and O–H groups in total. The van der Waals surface area contributed by atoms with Crippen molar-refractivity contribution in [2.24, 2.45) is 0 Å². The van der Waals surface area contributed by atoms with Crippen molar-refractivity contribution in [1.82, 2.24) is 9.80 Å². The van der Waals surface area contributed by atoms with Crippen molar-refractivity contribution in [1.29, 1.82) is 5.26 Å². The van der Waals surface area contributed by atoms with Crippen LogP contribution in [0.25, 0.3) is 11.1 Å². The van der Waals surface area contributed by atoms with Crippen LogP contribution in [0.4, 0.5) is 10.1 Å². The first-order valence-corrected chi connectivity index (χ1v) is 10.9. The Bertz CT molecular complexity index is 1190. The van der Waals surface area contributed by atoms with E-state index in [0.29, 0.717) is 23.2 Å². The largest absolute Gasteiger partial charge is 0.496 e. The zero-order valence-corrected chi connectivity index (χ0v) is 19.9. The number of methoxy groups -OCH3 is 1. The lowest BCUT2D eigenvalue weighted by Crippen LogP contribution is -2.28. The van der Waals surface area contributed by atoms with E-state index in [0.717, 1.165) is 30.0 Å². The Kier molecular flexibility index (Phi) is 8.36. The highest BCUT2D eigenvalue weighted by atomic mass is 19.1. The molecule has 1 amide bonds. The first kappa shape index (κ1) is 24.9. The highest BCUT2D eigenvalue weighted by molar-refractivity contribution is 6.04. The molecule has 6 nitrogen and oxygen atoms in total. The molecule has 0 radical (unpaired) electrons. The molecular formula is C27H29FN4O2. The summed E-state index contributed by atoms with van der Waals surface area (Å²) in [6.45, 7) is 2.55. The number of nitrogens with zero attached hydrogens (tertiary/aromatic N) is 3. The average molecular weight is 461 g/mol. The van der Waals surface area contributed by atoms with Crippen LogP contribution in [0.1, 0.15) is 21.5 Å². The lowest BCUT2D eigenvalue weighted by molar-refractivity contribution is 0.102. The molecule has 0 spiro atoms. The fourth-order valence-electron chi connectivity index (χ4n) is 3.51. The van der Waals surface area contributed by atoms with Crippen molar-refractivity contribution in [2.45, 2.75) is 6.54 Å². The van der Waals surface area contributed by atoms with Crippen molar-refractivity contribution in [3.05, 3.63) is 83.2 Å². The predicted octanol–water partition coefficient (Wildman–Crippen LogP) is 4.62. The van der Waals surface area contributed by atoms with E-state index in [9.17, 15) is 9.18 Å². The van der Waals surface area contributed by atoms with Crippen LogP contribution in [0.15, 0.2) is 60.7 Å². The first-order valence-electron chi connectivity index (χ1n) is 10.9. The van der Waals surface area contributed by atoms with E-state index in [-0.39, 0.29) is 5.69 Å². The molecule has 0 saturated heterocycles. The topological polar surface area (TPSA) is 68.6 Å². The molecule has 0 bridgehead atoms. The Labute approximate surface area is 200 Å². The maximum atomic E-state index is 14.9. The molecule has 0 aromatic heterocycles. The van der Waals surface area contributed by atoms with Crippen molar-refractivity contribution in [2.75, 3.05) is 46.7 Å². The highest BCUT2D eigenvalue weighted by Gasteiger charge is 2.13. The van der Waals surface area contributed by atoms with Gasteiger partial charge in [0.15, 0.2) is 0 Å². The summed E-state index contributed by atoms with van der Waals surface area (Å²) in [6.07, 6.45) is 0. The van der Waals surface area contributed by atoms with Crippen LogP contribution in [0, 0.1) is 17.1 Å². The number of carbonyl (C=O) groups excluding carboxylic acids is 1. The summed E-state index contributed by atoms with van der Waals surface area (Å²) >= 11 is 0. The molecule has 3 aromatic rings. The predicted molar refractivity (Wildman–Crippen MR) is 132 cm³/mol. The number of nitrogens with one attached hydrogen (secondary N) is 1. The number of nitriles is 1. The number of benzene rings is 3. The molecule has 0 saturated carbocycles. The third-order valence-electron chi connectivity index (χ3n) is 5.48. The fraction of sp³-hybridized carbons (Fsp3) is 0.259. The average Bonchev–Trinajstić information content (AvgIpc) is 2.84. The Morgan fingerprint density at radius 2 is 1.68 bits per heavy atom. The van der Waals surface area contributed by atoms with Gasteiger partial charge in [-0.1, -0.05) is 12.1 Å². The molecule has 0 unspecified atom stereocenters. The van der Waals surface area contributed by atoms with Crippen LogP contribution in [0.2, 0.25) is 0 Å². The van der Waals surface area contributed by atoms with E-state index in [1.165, 1.54) is 18.2 Å². The summed E-state index contributed by atoms with van der Waals surface area (Å²) in [5.74, 6) is -0.184. The molecule has 34 heavy (non-hydrogen) atoms. The molecule has 0 aliphatic carbocycles. The number of ether oxygens (including phenoxy) is 1. The van der Waals surface area contributed by atoms with Crippen LogP contribution >= 0.6 is 0 Å². The molecule has 7 heteroatoms. The SMILES string of the molecule is COc1ccc(-c2ccc(NC(=O)c3ccc(C#N)cc3)c(F)c2)cc1CN(C)CCN(C)C. The molecule has 3 rings (SSSR count). The van der Waals surface area contributed by atoms with Gasteiger partial charge in [-0.15, -0.1) is 0 Å². The van der Waals surface area contributed by atoms with E-state index in [1.54, 1.807) is 31.4 Å². The Balaban J connectivity index is 1.77. The summed E-state index contributed by atoms with van der Waals surface area (Å²) < 4.78 is 20.4. The zero-order valence-electron chi connectivity index (χ0n) is 19.9. The van der Waals surface area contributed by atoms with Crippen molar-refractivity contribution in [3.63, 3.8) is 0 Å². The summed E-state index contributed by atoms with van der Waals surface area (Å²) in [4.78, 5) is 16.8. The number of anilines is 1. The van der Waals surface area contributed by atoms with E-state index in [2.05, 4.69) is 22.2 Å². The van der Waals surface area contributed by atoms with Gasteiger partial charge in [0.1, 0.15) is 11.6 Å². The normalized spacial score (nSPS) is 10.9. The standard InChI is InChI=1S/C27H29FN4O2/c1-31(2)13-14-32(3)18-23-15-21(10-12-26(23)34-4)22-9-11-25(24(28)16-22)30-27(33)20-7-5-19(17-29)6-8-20/h5-12,15-16H,13-14,18H2,1-4H3,(H,30,33). The lowest BCUT2D eigenvalue weighted by atomic mass is 10.0. The van der Waals surface area contributed by atoms with E-state index >= 15 is 0 Å². The number of amides is 1. The summed E-state index contributed by atoms with van der Waals surface area (Å²) in [6, 6.07) is 18.7. The quantitative estimate of drug-likeness (QED) is 0.505. The van der Waals surface area contributed by atoms with Gasteiger partial charge in [0, 0.05) is 30.8 Å². The molecule has 3 aromatic carbocycles. The third-order valence-corrected chi connectivity index (χ3v) is 5.48. The van der Waals surface area contributed by atoms with Crippen LogP contribution in [-0.4, -0.2) is 57.0 Å². The Morgan fingerprint density at radius 3 is 2.29 bits per heavy atom. The number of hydrogen-bond donors (Lipinski definition) is 1. The van der Waals surface area contributed by atoms with Gasteiger partial charge in [0.05, 0.1) is 24.4 Å². The van der Waals surface area contributed by atoms with Gasteiger partial charge in [-0.25, -0.2) is 4.39 Å². The Morgan fingerprint density at radius 1 is 1.00 bits per heavy atom. The minimum atomic E-state index is -0.528. The van der Waals surface area contributed by atoms with Crippen LogP contribution in [0.3, 0.4) is 0 Å². The van der Waals surface area contributed by atoms with Crippen molar-refractivity contribution >= 4 is 11.6 Å². The minimum Gasteiger partial charge on any atom is -0.496 e. The second-order valence-electron chi connectivity index (χ2n) is 8.41. The monoisotopic (exact) mass is 460 g/mol. The van der Waals surface area contributed by atoms with E-state index < -0.39 is 11.7 Å². The lowest BCUT2D eigenvalue weighted by Gasteiger charge is -2.21. The molecule has 0 heterocycles. The van der Waals surface area contributed by atoms with Gasteiger partial charge >= 0.3 is 0 Å². The number of likely N-dealkylation sites (N-methyl/N-ethyl adjacent to an activating group) is 2. The molecule has 0 fully saturated rings. The van der Waals surface area contributed by atoms with Crippen LogP contribution in [-0.2, 0) is 6.54 Å². The zero-order chi connectivity index (χ0) is 24.7. The summed E-state index contributed by atoms with van der Waals surface area (Å²) in [5, 5.41) is 11.5. The van der Waals surface area contributed by atoms with Crippen molar-refractivity contribution in [3.8, 4) is 22.9 Å². The second kappa shape index (κ2) is 11.4. The smallest absolute Gasteiger partial charge is 0.255 e. The first-order chi connectivity index (χ1) is 16.3. The summed E-state index contributed by atoms with van der Waals surface area (Å²) in [5.41, 5.74) is 3.47. The number of rotatable bonds is 9. The molecular weight excluding hydrogens is 431 g/mol. The maximum absolute atomic E-state index is 14.9. The number of halogens is 1. The number of carbonyl (C=O) groups is 1. The van der Waals surface area contributed by atoms with Gasteiger partial charge < -0.3 is 19.9 Å². The highest BCUT2D eigenvalue weighted by Crippen LogP contribution is 2.30. The Hall–Kier alpha value is -3.73. The third kappa shape index (κ3) is 6.41. The minimum absolute atomic E-state index is 0.0928. The van der Waals surface area contributed by atoms with Gasteiger partial charge in [-0.2, -0.15) is 5.26 Å². The van der Waals surface area contributed by atoms with Gasteiger partial charge in [0.2, 0.25) is 0 Å². The second-order valence-corrected chi connectivity index (χ2v) is 8.41. The molecule has 0 aliphatic heterocycles. The van der Waals surface area contributed by atoms with Crippen molar-refractivity contribution < 1.29 is 13.9 Å². The fourth-order valence-corrected chi connectivity index (χ4v) is 3.51. The molecule has 176 valence electrons. The van der Waals surface area contributed by atoms with E-state index in [4.69, 9.17) is 10.00 Å². The van der Waals surface area contributed by atoms with Gasteiger partial charge in [-0.3, -0.25) is 4.79 Å². The van der Waals surface area contributed by atoms with Gasteiger partial charge in [-0.05, 0) is 80.8 Å².